The van der Waals surface area contributed by atoms with Crippen molar-refractivity contribution in [3.05, 3.63) is 44.9 Å². The fraction of sp³-hybridized carbons (Fsp3) is 0.533. The molecule has 2 rings (SSSR count). The minimum atomic E-state index is -0.767. The number of ether oxygens (including phenoxy) is 3. The highest BCUT2D eigenvalue weighted by Crippen LogP contribution is 2.36. The van der Waals surface area contributed by atoms with E-state index in [0.29, 0.717) is 11.3 Å². The second-order valence-electron chi connectivity index (χ2n) is 5.58. The first-order valence-corrected chi connectivity index (χ1v) is 8.19. The smallest absolute Gasteiger partial charge is 0.330 e. The number of hydrogen-bond acceptors (Lipinski definition) is 6. The Balaban J connectivity index is 2.33. The fourth-order valence-corrected chi connectivity index (χ4v) is 3.21. The topological polar surface area (TPSA) is 99.6 Å². The SMILES string of the molecule is C=C(C)OC[C@H]1O[C@@H](n2cc(C)c(=O)[nH]c2=O)C(Br)C1OC(C)=O. The Morgan fingerprint density at radius 2 is 2.12 bits per heavy atom. The van der Waals surface area contributed by atoms with Crippen molar-refractivity contribution < 1.29 is 19.0 Å². The molecule has 0 spiro atoms. The van der Waals surface area contributed by atoms with Crippen LogP contribution < -0.4 is 11.2 Å². The Bertz CT molecular complexity index is 755. The number of aryl methyl sites for hydroxylation is 1. The maximum absolute atomic E-state index is 12.1. The first-order chi connectivity index (χ1) is 11.2. The molecule has 4 atom stereocenters. The molecule has 0 radical (unpaired) electrons. The summed E-state index contributed by atoms with van der Waals surface area (Å²) < 4.78 is 17.8. The van der Waals surface area contributed by atoms with E-state index in [1.807, 2.05) is 0 Å². The van der Waals surface area contributed by atoms with Gasteiger partial charge in [-0.15, -0.1) is 0 Å². The normalized spacial score (nSPS) is 26.2. The largest absolute Gasteiger partial charge is 0.496 e. The van der Waals surface area contributed by atoms with Gasteiger partial charge in [0.05, 0.1) is 10.6 Å². The van der Waals surface area contributed by atoms with Crippen LogP contribution in [0.3, 0.4) is 0 Å². The van der Waals surface area contributed by atoms with Crippen molar-refractivity contribution in [1.29, 1.82) is 0 Å². The molecule has 0 amide bonds. The van der Waals surface area contributed by atoms with Crippen LogP contribution in [0, 0.1) is 6.92 Å². The van der Waals surface area contributed by atoms with Crippen molar-refractivity contribution in [3.8, 4) is 0 Å². The van der Waals surface area contributed by atoms with Gasteiger partial charge in [-0.2, -0.15) is 0 Å². The number of aromatic amines is 1. The number of nitrogens with one attached hydrogen (secondary N) is 1. The Hall–Kier alpha value is -1.87. The van der Waals surface area contributed by atoms with Crippen molar-refractivity contribution >= 4 is 21.9 Å². The van der Waals surface area contributed by atoms with Gasteiger partial charge in [0.25, 0.3) is 5.56 Å². The van der Waals surface area contributed by atoms with Crippen molar-refractivity contribution in [2.75, 3.05) is 6.61 Å². The lowest BCUT2D eigenvalue weighted by atomic mass is 10.2. The summed E-state index contributed by atoms with van der Waals surface area (Å²) in [4.78, 5) is 36.7. The van der Waals surface area contributed by atoms with Gasteiger partial charge in [-0.1, -0.05) is 22.5 Å². The molecule has 8 nitrogen and oxygen atoms in total. The molecule has 1 aromatic heterocycles. The summed E-state index contributed by atoms with van der Waals surface area (Å²) in [5, 5.41) is 0. The average Bonchev–Trinajstić information content (AvgIpc) is 2.77. The van der Waals surface area contributed by atoms with Gasteiger partial charge in [0.2, 0.25) is 0 Å². The first kappa shape index (κ1) is 18.5. The zero-order chi connectivity index (χ0) is 18.0. The Kier molecular flexibility index (Phi) is 5.66. The van der Waals surface area contributed by atoms with Crippen LogP contribution in [-0.2, 0) is 19.0 Å². The van der Waals surface area contributed by atoms with Crippen molar-refractivity contribution in [3.63, 3.8) is 0 Å². The third-order valence-corrected chi connectivity index (χ3v) is 4.46. The molecule has 2 unspecified atom stereocenters. The van der Waals surface area contributed by atoms with E-state index in [1.165, 1.54) is 17.7 Å². The van der Waals surface area contributed by atoms with Gasteiger partial charge in [0, 0.05) is 18.7 Å². The van der Waals surface area contributed by atoms with E-state index in [4.69, 9.17) is 14.2 Å². The summed E-state index contributed by atoms with van der Waals surface area (Å²) in [5.74, 6) is 0.0193. The Morgan fingerprint density at radius 3 is 2.71 bits per heavy atom. The number of nitrogens with zero attached hydrogens (tertiary/aromatic N) is 1. The summed E-state index contributed by atoms with van der Waals surface area (Å²) in [6.07, 6.45) is -0.617. The van der Waals surface area contributed by atoms with Crippen LogP contribution >= 0.6 is 15.9 Å². The molecule has 9 heteroatoms. The van der Waals surface area contributed by atoms with Gasteiger partial charge < -0.3 is 14.2 Å². The molecule has 0 aliphatic carbocycles. The van der Waals surface area contributed by atoms with Crippen LogP contribution in [0.25, 0.3) is 0 Å². The van der Waals surface area contributed by atoms with Gasteiger partial charge in [-0.05, 0) is 13.8 Å². The second kappa shape index (κ2) is 7.35. The number of rotatable bonds is 5. The van der Waals surface area contributed by atoms with Crippen LogP contribution in [0.1, 0.15) is 25.6 Å². The molecule has 1 aliphatic rings. The lowest BCUT2D eigenvalue weighted by Gasteiger charge is -2.20. The summed E-state index contributed by atoms with van der Waals surface area (Å²) in [7, 11) is 0. The number of H-pyrrole nitrogens is 1. The molecule has 24 heavy (non-hydrogen) atoms. The van der Waals surface area contributed by atoms with Crippen LogP contribution in [0.15, 0.2) is 28.1 Å². The van der Waals surface area contributed by atoms with Gasteiger partial charge in [0.15, 0.2) is 6.23 Å². The van der Waals surface area contributed by atoms with Gasteiger partial charge in [-0.25, -0.2) is 4.79 Å². The number of alkyl halides is 1. The molecule has 2 heterocycles. The van der Waals surface area contributed by atoms with Gasteiger partial charge in [0.1, 0.15) is 18.8 Å². The Labute approximate surface area is 146 Å². The molecule has 1 fully saturated rings. The Morgan fingerprint density at radius 1 is 1.46 bits per heavy atom. The molecule has 1 N–H and O–H groups in total. The summed E-state index contributed by atoms with van der Waals surface area (Å²) in [5.41, 5.74) is -0.703. The number of allylic oxidation sites excluding steroid dienone is 1. The molecule has 0 aromatic carbocycles. The predicted octanol–water partition coefficient (Wildman–Crippen LogP) is 0.988. The molecule has 1 saturated heterocycles. The van der Waals surface area contributed by atoms with E-state index in [2.05, 4.69) is 27.5 Å². The zero-order valence-corrected chi connectivity index (χ0v) is 15.2. The van der Waals surface area contributed by atoms with Crippen LogP contribution in [-0.4, -0.2) is 39.2 Å². The molecule has 1 aliphatic heterocycles. The van der Waals surface area contributed by atoms with E-state index in [1.54, 1.807) is 13.8 Å². The van der Waals surface area contributed by atoms with Crippen molar-refractivity contribution in [2.45, 2.75) is 44.0 Å². The standard InChI is InChI=1S/C15H19BrN2O6/c1-7(2)22-6-10-12(23-9(4)19)11(16)14(24-10)18-5-8(3)13(20)17-15(18)21/h5,10-12,14H,1,6H2,2-4H3,(H,17,20,21)/t10-,11?,12?,14-/m1/s1. The summed E-state index contributed by atoms with van der Waals surface area (Å²) in [6, 6.07) is 0. The molecule has 1 aromatic rings. The number of carbonyl (C=O) groups excluding carboxylic acids is 1. The lowest BCUT2D eigenvalue weighted by molar-refractivity contribution is -0.150. The van der Waals surface area contributed by atoms with E-state index in [-0.39, 0.29) is 6.61 Å². The predicted molar refractivity (Wildman–Crippen MR) is 89.0 cm³/mol. The van der Waals surface area contributed by atoms with Crippen LogP contribution in [0.5, 0.6) is 0 Å². The monoisotopic (exact) mass is 402 g/mol. The number of aromatic nitrogens is 2. The quantitative estimate of drug-likeness (QED) is 0.447. The molecule has 132 valence electrons. The highest BCUT2D eigenvalue weighted by Gasteiger charge is 2.47. The zero-order valence-electron chi connectivity index (χ0n) is 13.6. The van der Waals surface area contributed by atoms with Crippen LogP contribution in [0.4, 0.5) is 0 Å². The van der Waals surface area contributed by atoms with Crippen molar-refractivity contribution in [1.82, 2.24) is 9.55 Å². The van der Waals surface area contributed by atoms with Crippen LogP contribution in [0.2, 0.25) is 0 Å². The molecular formula is C15H19BrN2O6. The van der Waals surface area contributed by atoms with Gasteiger partial charge >= 0.3 is 11.7 Å². The number of hydrogen-bond donors (Lipinski definition) is 1. The van der Waals surface area contributed by atoms with Crippen molar-refractivity contribution in [2.24, 2.45) is 0 Å². The summed E-state index contributed by atoms with van der Waals surface area (Å²) in [6.45, 7) is 8.32. The number of esters is 1. The average molecular weight is 403 g/mol. The molecule has 0 saturated carbocycles. The fourth-order valence-electron chi connectivity index (χ4n) is 2.38. The van der Waals surface area contributed by atoms with Gasteiger partial charge in [-0.3, -0.25) is 19.1 Å². The molecule has 0 bridgehead atoms. The number of carbonyl (C=O) groups is 1. The second-order valence-corrected chi connectivity index (χ2v) is 6.63. The van der Waals surface area contributed by atoms with E-state index in [0.717, 1.165) is 0 Å². The number of halogens is 1. The highest BCUT2D eigenvalue weighted by atomic mass is 79.9. The van der Waals surface area contributed by atoms with E-state index in [9.17, 15) is 14.4 Å². The molecular weight excluding hydrogens is 384 g/mol. The maximum atomic E-state index is 12.1. The first-order valence-electron chi connectivity index (χ1n) is 7.28. The summed E-state index contributed by atoms with van der Waals surface area (Å²) >= 11 is 3.43. The maximum Gasteiger partial charge on any atom is 0.330 e. The minimum Gasteiger partial charge on any atom is -0.496 e. The third-order valence-electron chi connectivity index (χ3n) is 3.48. The minimum absolute atomic E-state index is 0.114. The lowest BCUT2D eigenvalue weighted by Crippen LogP contribution is -2.37. The third kappa shape index (κ3) is 3.96. The van der Waals surface area contributed by atoms with E-state index < -0.39 is 40.5 Å². The highest BCUT2D eigenvalue weighted by molar-refractivity contribution is 9.09. The van der Waals surface area contributed by atoms with E-state index >= 15 is 0 Å².